The lowest BCUT2D eigenvalue weighted by atomic mass is 9.78. The maximum Gasteiger partial charge on any atom is 0.0309 e. The topological polar surface area (TPSA) is 15.3 Å². The van der Waals surface area contributed by atoms with Crippen LogP contribution < -0.4 is 5.32 Å². The van der Waals surface area contributed by atoms with E-state index in [1.165, 1.54) is 63.1 Å². The van der Waals surface area contributed by atoms with Crippen molar-refractivity contribution in [3.8, 4) is 0 Å². The van der Waals surface area contributed by atoms with Crippen molar-refractivity contribution in [2.75, 3.05) is 24.6 Å². The molecule has 2 atom stereocenters. The normalized spacial score (nSPS) is 36.2. The largest absolute Gasteiger partial charge is 0.308 e. The summed E-state index contributed by atoms with van der Waals surface area (Å²) in [5.74, 6) is 3.53. The molecule has 1 N–H and O–H groups in total. The number of thioether (sulfide) groups is 1. The van der Waals surface area contributed by atoms with Gasteiger partial charge in [-0.25, -0.2) is 0 Å². The minimum Gasteiger partial charge on any atom is -0.308 e. The number of hydrogen-bond acceptors (Lipinski definition) is 3. The Kier molecular flexibility index (Phi) is 4.45. The van der Waals surface area contributed by atoms with Crippen LogP contribution in [0.2, 0.25) is 0 Å². The molecule has 0 aromatic heterocycles. The van der Waals surface area contributed by atoms with Crippen molar-refractivity contribution in [1.82, 2.24) is 10.2 Å². The SMILES string of the molecule is CC(C)C1CNC2(CCCCC2)CN1C1CCSC1. The van der Waals surface area contributed by atoms with E-state index in [4.69, 9.17) is 0 Å². The number of nitrogens with zero attached hydrogens (tertiary/aromatic N) is 1. The summed E-state index contributed by atoms with van der Waals surface area (Å²) >= 11 is 2.16. The first-order valence-electron chi connectivity index (χ1n) is 8.29. The molecule has 2 nitrogen and oxygen atoms in total. The van der Waals surface area contributed by atoms with E-state index >= 15 is 0 Å². The summed E-state index contributed by atoms with van der Waals surface area (Å²) in [6.45, 7) is 7.35. The summed E-state index contributed by atoms with van der Waals surface area (Å²) in [5.41, 5.74) is 0.469. The van der Waals surface area contributed by atoms with E-state index in [1.54, 1.807) is 0 Å². The summed E-state index contributed by atoms with van der Waals surface area (Å²) in [4.78, 5) is 2.91. The molecule has 19 heavy (non-hydrogen) atoms. The molecule has 3 aliphatic rings. The van der Waals surface area contributed by atoms with Gasteiger partial charge in [0.1, 0.15) is 0 Å². The van der Waals surface area contributed by atoms with Gasteiger partial charge in [-0.3, -0.25) is 4.90 Å². The maximum atomic E-state index is 3.97. The van der Waals surface area contributed by atoms with Crippen LogP contribution in [0, 0.1) is 5.92 Å². The van der Waals surface area contributed by atoms with Crippen molar-refractivity contribution >= 4 is 11.8 Å². The fourth-order valence-electron chi connectivity index (χ4n) is 4.33. The molecule has 1 aliphatic carbocycles. The first-order chi connectivity index (χ1) is 9.20. The van der Waals surface area contributed by atoms with Gasteiger partial charge < -0.3 is 5.32 Å². The minimum absolute atomic E-state index is 0.469. The third kappa shape index (κ3) is 2.98. The molecule has 2 saturated heterocycles. The lowest BCUT2D eigenvalue weighted by molar-refractivity contribution is 0.0130. The third-order valence-electron chi connectivity index (χ3n) is 5.55. The Hall–Kier alpha value is 0.270. The van der Waals surface area contributed by atoms with E-state index in [2.05, 4.69) is 35.8 Å². The molecule has 0 amide bonds. The van der Waals surface area contributed by atoms with Crippen LogP contribution in [-0.4, -0.2) is 47.1 Å². The number of hydrogen-bond donors (Lipinski definition) is 1. The zero-order chi connectivity index (χ0) is 13.3. The van der Waals surface area contributed by atoms with Crippen LogP contribution in [0.5, 0.6) is 0 Å². The van der Waals surface area contributed by atoms with Crippen molar-refractivity contribution < 1.29 is 0 Å². The number of piperazine rings is 1. The molecule has 2 aliphatic heterocycles. The van der Waals surface area contributed by atoms with Gasteiger partial charge in [-0.2, -0.15) is 11.8 Å². The Balaban J connectivity index is 1.73. The monoisotopic (exact) mass is 282 g/mol. The standard InChI is InChI=1S/C16H30N2S/c1-13(2)15-10-17-16(7-4-3-5-8-16)12-18(15)14-6-9-19-11-14/h13-15,17H,3-12H2,1-2H3. The van der Waals surface area contributed by atoms with Crippen LogP contribution in [0.4, 0.5) is 0 Å². The molecular formula is C16H30N2S. The molecule has 3 heteroatoms. The van der Waals surface area contributed by atoms with E-state index in [9.17, 15) is 0 Å². The second-order valence-corrected chi connectivity index (χ2v) is 8.37. The van der Waals surface area contributed by atoms with E-state index < -0.39 is 0 Å². The maximum absolute atomic E-state index is 3.97. The highest BCUT2D eigenvalue weighted by Gasteiger charge is 2.43. The molecule has 0 radical (unpaired) electrons. The second-order valence-electron chi connectivity index (χ2n) is 7.22. The van der Waals surface area contributed by atoms with Crippen molar-refractivity contribution in [1.29, 1.82) is 0 Å². The smallest absolute Gasteiger partial charge is 0.0309 e. The highest BCUT2D eigenvalue weighted by Crippen LogP contribution is 2.36. The first kappa shape index (κ1) is 14.2. The third-order valence-corrected chi connectivity index (χ3v) is 6.70. The number of nitrogens with one attached hydrogen (secondary N) is 1. The molecule has 1 spiro atoms. The average molecular weight is 282 g/mol. The Morgan fingerprint density at radius 1 is 1.21 bits per heavy atom. The highest BCUT2D eigenvalue weighted by atomic mass is 32.2. The van der Waals surface area contributed by atoms with Gasteiger partial charge in [0.2, 0.25) is 0 Å². The summed E-state index contributed by atoms with van der Waals surface area (Å²) < 4.78 is 0. The highest BCUT2D eigenvalue weighted by molar-refractivity contribution is 7.99. The van der Waals surface area contributed by atoms with E-state index in [1.807, 2.05) is 0 Å². The van der Waals surface area contributed by atoms with Gasteiger partial charge in [-0.15, -0.1) is 0 Å². The van der Waals surface area contributed by atoms with Crippen LogP contribution in [0.1, 0.15) is 52.4 Å². The zero-order valence-electron chi connectivity index (χ0n) is 12.7. The van der Waals surface area contributed by atoms with E-state index in [0.717, 1.165) is 18.0 Å². The van der Waals surface area contributed by atoms with Gasteiger partial charge in [0.15, 0.2) is 0 Å². The fraction of sp³-hybridized carbons (Fsp3) is 1.00. The van der Waals surface area contributed by atoms with Crippen LogP contribution in [0.3, 0.4) is 0 Å². The zero-order valence-corrected chi connectivity index (χ0v) is 13.5. The Morgan fingerprint density at radius 3 is 2.63 bits per heavy atom. The van der Waals surface area contributed by atoms with Gasteiger partial charge in [0.05, 0.1) is 0 Å². The molecule has 0 bridgehead atoms. The fourth-order valence-corrected chi connectivity index (χ4v) is 5.56. The predicted octanol–water partition coefficient (Wildman–Crippen LogP) is 3.12. The van der Waals surface area contributed by atoms with Gasteiger partial charge in [-0.1, -0.05) is 33.1 Å². The quantitative estimate of drug-likeness (QED) is 0.838. The van der Waals surface area contributed by atoms with Crippen LogP contribution in [0.15, 0.2) is 0 Å². The number of rotatable bonds is 2. The summed E-state index contributed by atoms with van der Waals surface area (Å²) in [7, 11) is 0. The molecule has 0 aromatic rings. The summed E-state index contributed by atoms with van der Waals surface area (Å²) in [5, 5.41) is 3.97. The molecule has 3 rings (SSSR count). The van der Waals surface area contributed by atoms with Crippen molar-refractivity contribution in [2.24, 2.45) is 5.92 Å². The lowest BCUT2D eigenvalue weighted by Gasteiger charge is -2.52. The minimum atomic E-state index is 0.469. The van der Waals surface area contributed by atoms with E-state index in [0.29, 0.717) is 5.54 Å². The van der Waals surface area contributed by atoms with Gasteiger partial charge >= 0.3 is 0 Å². The Bertz CT molecular complexity index is 293. The summed E-state index contributed by atoms with van der Waals surface area (Å²) in [6, 6.07) is 1.62. The van der Waals surface area contributed by atoms with Crippen molar-refractivity contribution in [3.63, 3.8) is 0 Å². The van der Waals surface area contributed by atoms with Gasteiger partial charge in [-0.05, 0) is 30.9 Å². The lowest BCUT2D eigenvalue weighted by Crippen LogP contribution is -2.67. The van der Waals surface area contributed by atoms with Crippen LogP contribution in [0.25, 0.3) is 0 Å². The first-order valence-corrected chi connectivity index (χ1v) is 9.44. The Labute approximate surface area is 123 Å². The molecule has 3 fully saturated rings. The van der Waals surface area contributed by atoms with E-state index in [-0.39, 0.29) is 0 Å². The molecule has 1 saturated carbocycles. The Morgan fingerprint density at radius 2 is 2.00 bits per heavy atom. The average Bonchev–Trinajstić information content (AvgIpc) is 2.93. The van der Waals surface area contributed by atoms with Crippen LogP contribution >= 0.6 is 11.8 Å². The predicted molar refractivity (Wildman–Crippen MR) is 84.9 cm³/mol. The van der Waals surface area contributed by atoms with Gasteiger partial charge in [0.25, 0.3) is 0 Å². The van der Waals surface area contributed by atoms with Crippen molar-refractivity contribution in [2.45, 2.75) is 70.0 Å². The molecule has 110 valence electrons. The molecular weight excluding hydrogens is 252 g/mol. The molecule has 2 heterocycles. The van der Waals surface area contributed by atoms with Crippen molar-refractivity contribution in [3.05, 3.63) is 0 Å². The summed E-state index contributed by atoms with van der Waals surface area (Å²) in [6.07, 6.45) is 8.57. The van der Waals surface area contributed by atoms with Gasteiger partial charge in [0, 0.05) is 36.5 Å². The second kappa shape index (κ2) is 5.95. The molecule has 0 aromatic carbocycles. The molecule has 2 unspecified atom stereocenters. The van der Waals surface area contributed by atoms with Crippen LogP contribution in [-0.2, 0) is 0 Å².